The molecule has 0 spiro atoms. The van der Waals surface area contributed by atoms with Crippen molar-refractivity contribution >= 4 is 35.1 Å². The number of carbonyl (C=O) groups excluding carboxylic acids is 1. The van der Waals surface area contributed by atoms with Gasteiger partial charge in [0, 0.05) is 17.5 Å². The van der Waals surface area contributed by atoms with Gasteiger partial charge in [-0.15, -0.1) is 22.0 Å². The van der Waals surface area contributed by atoms with E-state index in [1.54, 1.807) is 7.11 Å². The number of nitriles is 1. The highest BCUT2D eigenvalue weighted by Crippen LogP contribution is 2.28. The molecule has 148 valence electrons. The highest BCUT2D eigenvalue weighted by atomic mass is 32.2. The molecule has 0 radical (unpaired) electrons. The van der Waals surface area contributed by atoms with Gasteiger partial charge in [0.1, 0.15) is 5.75 Å². The molecule has 0 aliphatic heterocycles. The SMILES string of the molecule is COc1cccc(-c2nnc(SCC(=O)Nc3ccccc3SCC#N)n2C)c1. The number of hydrogen-bond donors (Lipinski definition) is 1. The minimum Gasteiger partial charge on any atom is -0.497 e. The predicted molar refractivity (Wildman–Crippen MR) is 115 cm³/mol. The quantitative estimate of drug-likeness (QED) is 0.548. The van der Waals surface area contributed by atoms with Crippen molar-refractivity contribution in [3.05, 3.63) is 48.5 Å². The predicted octanol–water partition coefficient (Wildman–Crippen LogP) is 3.84. The lowest BCUT2D eigenvalue weighted by Gasteiger charge is -2.09. The molecule has 0 aliphatic carbocycles. The molecular weight excluding hydrogens is 406 g/mol. The standard InChI is InChI=1S/C20H19N5O2S2/c1-25-19(14-6-5-7-15(12-14)27-2)23-24-20(25)29-13-18(26)22-16-8-3-4-9-17(16)28-11-10-21/h3-9,12H,11,13H2,1-2H3,(H,22,26). The Balaban J connectivity index is 1.64. The number of rotatable bonds is 8. The summed E-state index contributed by atoms with van der Waals surface area (Å²) in [5.74, 6) is 1.82. The highest BCUT2D eigenvalue weighted by molar-refractivity contribution is 8.00. The molecule has 0 fully saturated rings. The minimum atomic E-state index is -0.147. The number of carbonyl (C=O) groups is 1. The number of para-hydroxylation sites is 1. The number of amides is 1. The van der Waals surface area contributed by atoms with E-state index >= 15 is 0 Å². The van der Waals surface area contributed by atoms with E-state index in [2.05, 4.69) is 21.6 Å². The van der Waals surface area contributed by atoms with Crippen LogP contribution in [0.4, 0.5) is 5.69 Å². The molecule has 29 heavy (non-hydrogen) atoms. The van der Waals surface area contributed by atoms with E-state index in [0.29, 0.717) is 22.4 Å². The van der Waals surface area contributed by atoms with Crippen LogP contribution in [0.1, 0.15) is 0 Å². The first kappa shape index (κ1) is 20.8. The van der Waals surface area contributed by atoms with Gasteiger partial charge in [0.2, 0.25) is 5.91 Å². The second-order valence-electron chi connectivity index (χ2n) is 5.88. The average Bonchev–Trinajstić information content (AvgIpc) is 3.12. The van der Waals surface area contributed by atoms with Gasteiger partial charge in [0.25, 0.3) is 0 Å². The van der Waals surface area contributed by atoms with Crippen LogP contribution in [0.15, 0.2) is 58.6 Å². The number of anilines is 1. The first-order valence-electron chi connectivity index (χ1n) is 8.67. The van der Waals surface area contributed by atoms with Crippen LogP contribution >= 0.6 is 23.5 Å². The summed E-state index contributed by atoms with van der Waals surface area (Å²) in [7, 11) is 3.48. The Labute approximate surface area is 177 Å². The third-order valence-corrected chi connectivity index (χ3v) is 5.91. The van der Waals surface area contributed by atoms with E-state index in [9.17, 15) is 4.79 Å². The van der Waals surface area contributed by atoms with E-state index < -0.39 is 0 Å². The van der Waals surface area contributed by atoms with Crippen LogP contribution in [0, 0.1) is 11.3 Å². The number of hydrogen-bond acceptors (Lipinski definition) is 7. The van der Waals surface area contributed by atoms with Gasteiger partial charge in [-0.25, -0.2) is 0 Å². The third kappa shape index (κ3) is 5.31. The third-order valence-electron chi connectivity index (χ3n) is 3.95. The van der Waals surface area contributed by atoms with Crippen molar-refractivity contribution in [3.8, 4) is 23.2 Å². The fourth-order valence-electron chi connectivity index (χ4n) is 2.58. The van der Waals surface area contributed by atoms with E-state index in [1.807, 2.05) is 60.1 Å². The Morgan fingerprint density at radius 2 is 2.03 bits per heavy atom. The zero-order valence-electron chi connectivity index (χ0n) is 16.0. The number of nitrogens with zero attached hydrogens (tertiary/aromatic N) is 4. The van der Waals surface area contributed by atoms with Crippen molar-refractivity contribution in [1.82, 2.24) is 14.8 Å². The molecule has 0 saturated heterocycles. The molecule has 0 unspecified atom stereocenters. The van der Waals surface area contributed by atoms with Gasteiger partial charge in [-0.1, -0.05) is 36.0 Å². The van der Waals surface area contributed by atoms with Crippen molar-refractivity contribution in [2.24, 2.45) is 7.05 Å². The number of ether oxygens (including phenoxy) is 1. The van der Waals surface area contributed by atoms with Crippen molar-refractivity contribution < 1.29 is 9.53 Å². The molecule has 3 rings (SSSR count). The van der Waals surface area contributed by atoms with Gasteiger partial charge >= 0.3 is 0 Å². The van der Waals surface area contributed by atoms with Crippen LogP contribution in [0.2, 0.25) is 0 Å². The van der Waals surface area contributed by atoms with E-state index in [-0.39, 0.29) is 11.7 Å². The maximum absolute atomic E-state index is 12.4. The number of methoxy groups -OCH3 is 1. The van der Waals surface area contributed by atoms with Gasteiger partial charge in [-0.3, -0.25) is 4.79 Å². The van der Waals surface area contributed by atoms with Gasteiger partial charge in [0.15, 0.2) is 11.0 Å². The summed E-state index contributed by atoms with van der Waals surface area (Å²) in [5, 5.41) is 20.8. The van der Waals surface area contributed by atoms with E-state index in [4.69, 9.17) is 10.00 Å². The first-order valence-corrected chi connectivity index (χ1v) is 10.6. The minimum absolute atomic E-state index is 0.147. The molecule has 0 saturated carbocycles. The molecule has 2 aromatic carbocycles. The Hall–Kier alpha value is -2.96. The number of nitrogens with one attached hydrogen (secondary N) is 1. The van der Waals surface area contributed by atoms with Gasteiger partial charge in [-0.05, 0) is 24.3 Å². The lowest BCUT2D eigenvalue weighted by atomic mass is 10.2. The second-order valence-corrected chi connectivity index (χ2v) is 7.84. The molecule has 1 aromatic heterocycles. The van der Waals surface area contributed by atoms with Crippen molar-refractivity contribution in [1.29, 1.82) is 5.26 Å². The molecule has 0 aliphatic rings. The number of thioether (sulfide) groups is 2. The maximum Gasteiger partial charge on any atom is 0.234 e. The van der Waals surface area contributed by atoms with Crippen LogP contribution in [0.25, 0.3) is 11.4 Å². The normalized spacial score (nSPS) is 10.4. The van der Waals surface area contributed by atoms with Crippen molar-refractivity contribution in [2.45, 2.75) is 10.1 Å². The summed E-state index contributed by atoms with van der Waals surface area (Å²) >= 11 is 2.70. The Bertz CT molecular complexity index is 1050. The molecule has 1 N–H and O–H groups in total. The largest absolute Gasteiger partial charge is 0.497 e. The molecule has 0 atom stereocenters. The molecule has 0 bridgehead atoms. The molecule has 3 aromatic rings. The van der Waals surface area contributed by atoms with Crippen molar-refractivity contribution in [2.75, 3.05) is 23.9 Å². The Kier molecular flexibility index (Phi) is 7.16. The fraction of sp³-hybridized carbons (Fsp3) is 0.200. The molecule has 1 amide bonds. The molecule has 9 heteroatoms. The van der Waals surface area contributed by atoms with Crippen LogP contribution in [0.3, 0.4) is 0 Å². The van der Waals surface area contributed by atoms with Crippen LogP contribution < -0.4 is 10.1 Å². The summed E-state index contributed by atoms with van der Waals surface area (Å²) in [5.41, 5.74) is 1.59. The van der Waals surface area contributed by atoms with E-state index in [0.717, 1.165) is 16.2 Å². The van der Waals surface area contributed by atoms with Crippen LogP contribution in [0.5, 0.6) is 5.75 Å². The first-order chi connectivity index (χ1) is 14.1. The highest BCUT2D eigenvalue weighted by Gasteiger charge is 2.14. The fourth-order valence-corrected chi connectivity index (χ4v) is 3.96. The van der Waals surface area contributed by atoms with Gasteiger partial charge in [-0.2, -0.15) is 5.26 Å². The summed E-state index contributed by atoms with van der Waals surface area (Å²) < 4.78 is 7.11. The summed E-state index contributed by atoms with van der Waals surface area (Å²) in [6.45, 7) is 0. The van der Waals surface area contributed by atoms with Gasteiger partial charge < -0.3 is 14.6 Å². The molecule has 1 heterocycles. The molecular formula is C20H19N5O2S2. The summed E-state index contributed by atoms with van der Waals surface area (Å²) in [6.07, 6.45) is 0. The second kappa shape index (κ2) is 10.0. The van der Waals surface area contributed by atoms with Gasteiger partial charge in [0.05, 0.1) is 30.4 Å². The summed E-state index contributed by atoms with van der Waals surface area (Å²) in [6, 6.07) is 17.1. The smallest absolute Gasteiger partial charge is 0.234 e. The van der Waals surface area contributed by atoms with Crippen molar-refractivity contribution in [3.63, 3.8) is 0 Å². The zero-order valence-corrected chi connectivity index (χ0v) is 17.6. The Morgan fingerprint density at radius 3 is 2.83 bits per heavy atom. The Morgan fingerprint density at radius 1 is 1.21 bits per heavy atom. The number of benzene rings is 2. The van der Waals surface area contributed by atoms with E-state index in [1.165, 1.54) is 23.5 Å². The molecule has 7 nitrogen and oxygen atoms in total. The average molecular weight is 426 g/mol. The van der Waals surface area contributed by atoms with Crippen LogP contribution in [-0.4, -0.2) is 39.3 Å². The zero-order chi connectivity index (χ0) is 20.6. The summed E-state index contributed by atoms with van der Waals surface area (Å²) in [4.78, 5) is 13.3. The lowest BCUT2D eigenvalue weighted by molar-refractivity contribution is -0.113. The topological polar surface area (TPSA) is 92.8 Å². The lowest BCUT2D eigenvalue weighted by Crippen LogP contribution is -2.15. The van der Waals surface area contributed by atoms with Crippen LogP contribution in [-0.2, 0) is 11.8 Å². The maximum atomic E-state index is 12.4. The monoisotopic (exact) mass is 425 g/mol. The number of aromatic nitrogens is 3.